The maximum atomic E-state index is 12.3. The van der Waals surface area contributed by atoms with Gasteiger partial charge >= 0.3 is 0 Å². The molecule has 6 nitrogen and oxygen atoms in total. The molecule has 0 atom stereocenters. The van der Waals surface area contributed by atoms with Crippen LogP contribution < -0.4 is 11.3 Å². The molecule has 1 aromatic heterocycles. The van der Waals surface area contributed by atoms with Crippen molar-refractivity contribution < 1.29 is 4.79 Å². The van der Waals surface area contributed by atoms with Crippen LogP contribution in [0.15, 0.2) is 23.1 Å². The van der Waals surface area contributed by atoms with E-state index in [1.165, 1.54) is 4.57 Å². The molecule has 1 aliphatic rings. The summed E-state index contributed by atoms with van der Waals surface area (Å²) >= 11 is 0. The van der Waals surface area contributed by atoms with E-state index in [0.717, 1.165) is 19.6 Å². The number of nitrogens with two attached hydrogens (primary N) is 1. The van der Waals surface area contributed by atoms with Crippen LogP contribution in [0.2, 0.25) is 0 Å². The van der Waals surface area contributed by atoms with Gasteiger partial charge in [-0.25, -0.2) is 0 Å². The molecule has 2 rings (SSSR count). The minimum absolute atomic E-state index is 0.173. The summed E-state index contributed by atoms with van der Waals surface area (Å²) in [5.74, 6) is -0.173. The van der Waals surface area contributed by atoms with Gasteiger partial charge in [0.2, 0.25) is 0 Å². The Morgan fingerprint density at radius 3 is 2.63 bits per heavy atom. The zero-order valence-corrected chi connectivity index (χ0v) is 11.2. The molecule has 19 heavy (non-hydrogen) atoms. The summed E-state index contributed by atoms with van der Waals surface area (Å²) < 4.78 is 1.43. The van der Waals surface area contributed by atoms with Gasteiger partial charge in [0.05, 0.1) is 0 Å². The van der Waals surface area contributed by atoms with E-state index in [9.17, 15) is 9.59 Å². The number of amides is 1. The van der Waals surface area contributed by atoms with E-state index in [4.69, 9.17) is 5.73 Å². The van der Waals surface area contributed by atoms with Gasteiger partial charge in [-0.15, -0.1) is 0 Å². The van der Waals surface area contributed by atoms with Crippen molar-refractivity contribution >= 4 is 5.91 Å². The summed E-state index contributed by atoms with van der Waals surface area (Å²) in [5.41, 5.74) is 5.52. The van der Waals surface area contributed by atoms with Crippen LogP contribution in [-0.4, -0.2) is 59.5 Å². The molecule has 2 heterocycles. The van der Waals surface area contributed by atoms with E-state index in [1.54, 1.807) is 30.3 Å². The maximum Gasteiger partial charge on any atom is 0.263 e. The largest absolute Gasteiger partial charge is 0.336 e. The van der Waals surface area contributed by atoms with Crippen LogP contribution in [0, 0.1) is 0 Å². The summed E-state index contributed by atoms with van der Waals surface area (Å²) in [5, 5.41) is 0. The predicted molar refractivity (Wildman–Crippen MR) is 73.1 cm³/mol. The number of carbonyl (C=O) groups is 1. The minimum Gasteiger partial charge on any atom is -0.336 e. The van der Waals surface area contributed by atoms with E-state index < -0.39 is 0 Å². The van der Waals surface area contributed by atoms with Gasteiger partial charge in [0.1, 0.15) is 5.56 Å². The number of piperazine rings is 1. The molecule has 6 heteroatoms. The lowest BCUT2D eigenvalue weighted by molar-refractivity contribution is 0.0638. The molecule has 0 bridgehead atoms. The Hall–Kier alpha value is -1.66. The average Bonchev–Trinajstić information content (AvgIpc) is 2.42. The number of hydrogen-bond donors (Lipinski definition) is 1. The van der Waals surface area contributed by atoms with E-state index in [1.807, 2.05) is 0 Å². The molecule has 0 aromatic carbocycles. The molecular formula is C13H20N4O2. The van der Waals surface area contributed by atoms with E-state index in [2.05, 4.69) is 4.90 Å². The monoisotopic (exact) mass is 264 g/mol. The van der Waals surface area contributed by atoms with Crippen molar-refractivity contribution in [1.29, 1.82) is 0 Å². The zero-order valence-electron chi connectivity index (χ0n) is 11.2. The van der Waals surface area contributed by atoms with Crippen molar-refractivity contribution in [3.05, 3.63) is 34.2 Å². The fraction of sp³-hybridized carbons (Fsp3) is 0.538. The number of aryl methyl sites for hydroxylation is 1. The average molecular weight is 264 g/mol. The van der Waals surface area contributed by atoms with Gasteiger partial charge in [-0.3, -0.25) is 14.5 Å². The quantitative estimate of drug-likeness (QED) is 0.768. The Balaban J connectivity index is 2.06. The number of hydrogen-bond acceptors (Lipinski definition) is 4. The van der Waals surface area contributed by atoms with Crippen molar-refractivity contribution in [2.45, 2.75) is 0 Å². The maximum absolute atomic E-state index is 12.3. The van der Waals surface area contributed by atoms with Crippen molar-refractivity contribution in [1.82, 2.24) is 14.4 Å². The normalized spacial score (nSPS) is 16.6. The Labute approximate surface area is 112 Å². The van der Waals surface area contributed by atoms with Gasteiger partial charge in [0.25, 0.3) is 11.5 Å². The Kier molecular flexibility index (Phi) is 4.34. The predicted octanol–water partition coefficient (Wildman–Crippen LogP) is -0.898. The number of rotatable bonds is 3. The van der Waals surface area contributed by atoms with E-state index in [0.29, 0.717) is 19.6 Å². The zero-order chi connectivity index (χ0) is 13.8. The van der Waals surface area contributed by atoms with Crippen LogP contribution in [0.3, 0.4) is 0 Å². The van der Waals surface area contributed by atoms with Crippen LogP contribution in [-0.2, 0) is 7.05 Å². The lowest BCUT2D eigenvalue weighted by Gasteiger charge is -2.34. The van der Waals surface area contributed by atoms with Gasteiger partial charge < -0.3 is 15.2 Å². The standard InChI is InChI=1S/C13H20N4O2/c1-15-5-2-3-11(12(15)18)13(19)17-9-7-16(6-4-14)8-10-17/h2-3,5H,4,6-10,14H2,1H3. The number of carbonyl (C=O) groups excluding carboxylic acids is 1. The first-order valence-corrected chi connectivity index (χ1v) is 6.51. The van der Waals surface area contributed by atoms with Crippen molar-refractivity contribution in [3.8, 4) is 0 Å². The highest BCUT2D eigenvalue weighted by Gasteiger charge is 2.23. The Morgan fingerprint density at radius 1 is 1.32 bits per heavy atom. The number of nitrogens with zero attached hydrogens (tertiary/aromatic N) is 3. The third kappa shape index (κ3) is 3.02. The topological polar surface area (TPSA) is 71.6 Å². The third-order valence-corrected chi connectivity index (χ3v) is 3.46. The Morgan fingerprint density at radius 2 is 2.00 bits per heavy atom. The number of pyridine rings is 1. The molecule has 0 unspecified atom stereocenters. The molecule has 1 aliphatic heterocycles. The summed E-state index contributed by atoms with van der Waals surface area (Å²) in [6, 6.07) is 3.32. The highest BCUT2D eigenvalue weighted by atomic mass is 16.2. The van der Waals surface area contributed by atoms with Crippen LogP contribution in [0.1, 0.15) is 10.4 Å². The van der Waals surface area contributed by atoms with Crippen molar-refractivity contribution in [2.24, 2.45) is 12.8 Å². The molecule has 1 aromatic rings. The fourth-order valence-corrected chi connectivity index (χ4v) is 2.29. The van der Waals surface area contributed by atoms with Crippen molar-refractivity contribution in [2.75, 3.05) is 39.3 Å². The highest BCUT2D eigenvalue weighted by molar-refractivity contribution is 5.93. The SMILES string of the molecule is Cn1cccc(C(=O)N2CCN(CCN)CC2)c1=O. The molecule has 0 radical (unpaired) electrons. The molecule has 0 spiro atoms. The van der Waals surface area contributed by atoms with Gasteiger partial charge in [-0.1, -0.05) is 0 Å². The second-order valence-corrected chi connectivity index (χ2v) is 4.76. The van der Waals surface area contributed by atoms with Crippen LogP contribution in [0.4, 0.5) is 0 Å². The van der Waals surface area contributed by atoms with Crippen LogP contribution in [0.5, 0.6) is 0 Å². The lowest BCUT2D eigenvalue weighted by atomic mass is 10.2. The molecule has 1 amide bonds. The van der Waals surface area contributed by atoms with Gasteiger partial charge in [0.15, 0.2) is 0 Å². The van der Waals surface area contributed by atoms with E-state index in [-0.39, 0.29) is 17.0 Å². The molecule has 0 aliphatic carbocycles. The second-order valence-electron chi connectivity index (χ2n) is 4.76. The molecular weight excluding hydrogens is 244 g/mol. The summed E-state index contributed by atoms with van der Waals surface area (Å²) in [7, 11) is 1.65. The first kappa shape index (κ1) is 13.8. The molecule has 1 saturated heterocycles. The number of aromatic nitrogens is 1. The van der Waals surface area contributed by atoms with Crippen molar-refractivity contribution in [3.63, 3.8) is 0 Å². The fourth-order valence-electron chi connectivity index (χ4n) is 2.29. The smallest absolute Gasteiger partial charge is 0.263 e. The minimum atomic E-state index is -0.239. The van der Waals surface area contributed by atoms with Gasteiger partial charge in [0, 0.05) is 52.5 Å². The van der Waals surface area contributed by atoms with Crippen LogP contribution in [0.25, 0.3) is 0 Å². The van der Waals surface area contributed by atoms with Crippen LogP contribution >= 0.6 is 0 Å². The third-order valence-electron chi connectivity index (χ3n) is 3.46. The molecule has 0 saturated carbocycles. The first-order valence-electron chi connectivity index (χ1n) is 6.51. The lowest BCUT2D eigenvalue weighted by Crippen LogP contribution is -2.50. The second kappa shape index (κ2) is 5.99. The van der Waals surface area contributed by atoms with E-state index >= 15 is 0 Å². The summed E-state index contributed by atoms with van der Waals surface area (Å²) in [6.07, 6.45) is 1.65. The molecule has 104 valence electrons. The first-order chi connectivity index (χ1) is 9.13. The molecule has 2 N–H and O–H groups in total. The highest BCUT2D eigenvalue weighted by Crippen LogP contribution is 2.05. The van der Waals surface area contributed by atoms with Gasteiger partial charge in [-0.05, 0) is 12.1 Å². The molecule has 1 fully saturated rings. The summed E-state index contributed by atoms with van der Waals surface area (Å²) in [6.45, 7) is 4.42. The summed E-state index contributed by atoms with van der Waals surface area (Å²) in [4.78, 5) is 28.2. The Bertz CT molecular complexity index is 504. The van der Waals surface area contributed by atoms with Gasteiger partial charge in [-0.2, -0.15) is 0 Å².